The molecule has 0 radical (unpaired) electrons. The molecule has 7 heteroatoms. The van der Waals surface area contributed by atoms with Crippen LogP contribution in [0.1, 0.15) is 24.2 Å². The zero-order chi connectivity index (χ0) is 17.3. The highest BCUT2D eigenvalue weighted by Crippen LogP contribution is 2.25. The number of piperidine rings is 1. The van der Waals surface area contributed by atoms with Crippen molar-refractivity contribution < 1.29 is 8.42 Å². The number of imidazole rings is 1. The zero-order valence-electron chi connectivity index (χ0n) is 14.4. The fraction of sp³-hybridized carbons (Fsp3) is 0.529. The normalized spacial score (nSPS) is 17.3. The van der Waals surface area contributed by atoms with Crippen LogP contribution in [0.4, 0.5) is 0 Å². The van der Waals surface area contributed by atoms with Gasteiger partial charge in [-0.2, -0.15) is 0 Å². The second kappa shape index (κ2) is 6.64. The number of hydrogen-bond acceptors (Lipinski definition) is 4. The molecule has 3 heterocycles. The van der Waals surface area contributed by atoms with E-state index < -0.39 is 10.0 Å². The third-order valence-corrected chi connectivity index (χ3v) is 6.18. The Morgan fingerprint density at radius 2 is 1.96 bits per heavy atom. The van der Waals surface area contributed by atoms with Gasteiger partial charge in [-0.3, -0.25) is 4.98 Å². The van der Waals surface area contributed by atoms with E-state index in [1.165, 1.54) is 11.8 Å². The molecule has 0 bridgehead atoms. The number of hydrogen-bond donors (Lipinski definition) is 0. The zero-order valence-corrected chi connectivity index (χ0v) is 15.3. The van der Waals surface area contributed by atoms with Crippen molar-refractivity contribution in [3.63, 3.8) is 0 Å². The Kier molecular flexibility index (Phi) is 4.73. The molecule has 2 aromatic heterocycles. The average molecular weight is 348 g/mol. The molecule has 1 aliphatic rings. The highest BCUT2D eigenvalue weighted by Gasteiger charge is 2.25. The molecule has 1 saturated heterocycles. The van der Waals surface area contributed by atoms with Gasteiger partial charge in [-0.1, -0.05) is 0 Å². The molecule has 1 aliphatic heterocycles. The Hall–Kier alpha value is -1.73. The molecule has 3 rings (SSSR count). The molecule has 0 aliphatic carbocycles. The summed E-state index contributed by atoms with van der Waals surface area (Å²) >= 11 is 0. The maximum absolute atomic E-state index is 11.6. The highest BCUT2D eigenvalue weighted by molar-refractivity contribution is 7.88. The number of aryl methyl sites for hydroxylation is 1. The van der Waals surface area contributed by atoms with Crippen LogP contribution in [0.5, 0.6) is 0 Å². The Balaban J connectivity index is 1.69. The van der Waals surface area contributed by atoms with Gasteiger partial charge in [0.15, 0.2) is 0 Å². The van der Waals surface area contributed by atoms with Crippen molar-refractivity contribution in [3.8, 4) is 11.4 Å². The van der Waals surface area contributed by atoms with Gasteiger partial charge in [0.2, 0.25) is 10.0 Å². The van der Waals surface area contributed by atoms with Gasteiger partial charge in [0, 0.05) is 26.3 Å². The number of pyridine rings is 1. The van der Waals surface area contributed by atoms with Gasteiger partial charge in [-0.25, -0.2) is 17.7 Å². The van der Waals surface area contributed by atoms with E-state index in [0.29, 0.717) is 19.0 Å². The van der Waals surface area contributed by atoms with Crippen LogP contribution in [0.25, 0.3) is 11.4 Å². The second-order valence-corrected chi connectivity index (χ2v) is 8.59. The summed E-state index contributed by atoms with van der Waals surface area (Å²) in [6.45, 7) is 3.23. The molecule has 2 aromatic rings. The summed E-state index contributed by atoms with van der Waals surface area (Å²) in [6, 6.07) is 4.18. The number of rotatable bonds is 4. The molecule has 0 aromatic carbocycles. The van der Waals surface area contributed by atoms with Crippen LogP contribution in [0.3, 0.4) is 0 Å². The van der Waals surface area contributed by atoms with Crippen LogP contribution in [-0.2, 0) is 23.5 Å². The van der Waals surface area contributed by atoms with Gasteiger partial charge in [0.05, 0.1) is 23.8 Å². The summed E-state index contributed by atoms with van der Waals surface area (Å²) < 4.78 is 26.8. The summed E-state index contributed by atoms with van der Waals surface area (Å²) in [5.41, 5.74) is 3.20. The Labute approximate surface area is 143 Å². The van der Waals surface area contributed by atoms with E-state index in [-0.39, 0.29) is 0 Å². The molecular weight excluding hydrogens is 324 g/mol. The lowest BCUT2D eigenvalue weighted by Crippen LogP contribution is -2.38. The Bertz CT molecular complexity index is 821. The monoisotopic (exact) mass is 348 g/mol. The molecule has 0 atom stereocenters. The van der Waals surface area contributed by atoms with E-state index in [2.05, 4.69) is 22.1 Å². The van der Waals surface area contributed by atoms with E-state index in [1.807, 2.05) is 30.9 Å². The SMILES string of the molecule is Cc1ncc(-c2cc(CC3CCN(S(C)(=O)=O)CC3)ccn2)n1C. The summed E-state index contributed by atoms with van der Waals surface area (Å²) in [6.07, 6.45) is 7.78. The first-order chi connectivity index (χ1) is 11.3. The van der Waals surface area contributed by atoms with E-state index in [0.717, 1.165) is 36.5 Å². The summed E-state index contributed by atoms with van der Waals surface area (Å²) in [5, 5.41) is 0. The first-order valence-corrected chi connectivity index (χ1v) is 10.1. The Morgan fingerprint density at radius 3 is 2.54 bits per heavy atom. The smallest absolute Gasteiger partial charge is 0.211 e. The van der Waals surface area contributed by atoms with Crippen LogP contribution in [0.15, 0.2) is 24.5 Å². The van der Waals surface area contributed by atoms with Crippen LogP contribution >= 0.6 is 0 Å². The van der Waals surface area contributed by atoms with Crippen LogP contribution in [0.2, 0.25) is 0 Å². The molecule has 0 amide bonds. The molecule has 1 fully saturated rings. The van der Waals surface area contributed by atoms with Gasteiger partial charge in [0.1, 0.15) is 5.82 Å². The fourth-order valence-corrected chi connectivity index (χ4v) is 4.13. The third kappa shape index (κ3) is 3.67. The first kappa shape index (κ1) is 17.1. The van der Waals surface area contributed by atoms with E-state index in [9.17, 15) is 8.42 Å². The minimum atomic E-state index is -3.05. The fourth-order valence-electron chi connectivity index (χ4n) is 3.26. The van der Waals surface area contributed by atoms with Gasteiger partial charge in [-0.05, 0) is 49.8 Å². The molecule has 24 heavy (non-hydrogen) atoms. The van der Waals surface area contributed by atoms with Crippen molar-refractivity contribution in [1.82, 2.24) is 18.8 Å². The summed E-state index contributed by atoms with van der Waals surface area (Å²) in [5.74, 6) is 1.48. The number of sulfonamides is 1. The van der Waals surface area contributed by atoms with Crippen LogP contribution in [0, 0.1) is 12.8 Å². The lowest BCUT2D eigenvalue weighted by molar-refractivity contribution is 0.274. The lowest BCUT2D eigenvalue weighted by atomic mass is 9.91. The van der Waals surface area contributed by atoms with Crippen molar-refractivity contribution in [3.05, 3.63) is 35.9 Å². The van der Waals surface area contributed by atoms with Gasteiger partial charge < -0.3 is 4.57 Å². The summed E-state index contributed by atoms with van der Waals surface area (Å²) in [4.78, 5) is 8.80. The minimum absolute atomic E-state index is 0.520. The highest BCUT2D eigenvalue weighted by atomic mass is 32.2. The molecule has 130 valence electrons. The predicted molar refractivity (Wildman–Crippen MR) is 94.0 cm³/mol. The van der Waals surface area contributed by atoms with Gasteiger partial charge in [-0.15, -0.1) is 0 Å². The van der Waals surface area contributed by atoms with Gasteiger partial charge >= 0.3 is 0 Å². The quantitative estimate of drug-likeness (QED) is 0.847. The van der Waals surface area contributed by atoms with Crippen molar-refractivity contribution in [1.29, 1.82) is 0 Å². The molecule has 0 saturated carbocycles. The molecular formula is C17H24N4O2S. The second-order valence-electron chi connectivity index (χ2n) is 6.61. The molecule has 6 nitrogen and oxygen atoms in total. The molecule has 0 spiro atoms. The van der Waals surface area contributed by atoms with Crippen LogP contribution in [-0.4, -0.2) is 46.6 Å². The van der Waals surface area contributed by atoms with Crippen molar-refractivity contribution in [2.24, 2.45) is 13.0 Å². The van der Waals surface area contributed by atoms with Crippen molar-refractivity contribution >= 4 is 10.0 Å². The molecule has 0 N–H and O–H groups in total. The van der Waals surface area contributed by atoms with Gasteiger partial charge in [0.25, 0.3) is 0 Å². The topological polar surface area (TPSA) is 68.1 Å². The molecule has 0 unspecified atom stereocenters. The summed E-state index contributed by atoms with van der Waals surface area (Å²) in [7, 11) is -1.06. The van der Waals surface area contributed by atoms with Crippen molar-refractivity contribution in [2.45, 2.75) is 26.2 Å². The van der Waals surface area contributed by atoms with E-state index >= 15 is 0 Å². The van der Waals surface area contributed by atoms with Crippen LogP contribution < -0.4 is 0 Å². The Morgan fingerprint density at radius 1 is 1.25 bits per heavy atom. The number of aromatic nitrogens is 3. The van der Waals surface area contributed by atoms with E-state index in [1.54, 1.807) is 4.31 Å². The average Bonchev–Trinajstić information content (AvgIpc) is 2.87. The first-order valence-electron chi connectivity index (χ1n) is 8.23. The van der Waals surface area contributed by atoms with E-state index in [4.69, 9.17) is 0 Å². The minimum Gasteiger partial charge on any atom is -0.330 e. The maximum Gasteiger partial charge on any atom is 0.211 e. The number of nitrogens with zero attached hydrogens (tertiary/aromatic N) is 4. The third-order valence-electron chi connectivity index (χ3n) is 4.87. The predicted octanol–water partition coefficient (Wildman–Crippen LogP) is 2.00. The maximum atomic E-state index is 11.6. The largest absolute Gasteiger partial charge is 0.330 e. The standard InChI is InChI=1S/C17H24N4O2S/c1-13-19-12-17(20(13)2)16-11-15(4-7-18-16)10-14-5-8-21(9-6-14)24(3,22)23/h4,7,11-12,14H,5-6,8-10H2,1-3H3. The lowest BCUT2D eigenvalue weighted by Gasteiger charge is -2.30. The van der Waals surface area contributed by atoms with Crippen molar-refractivity contribution in [2.75, 3.05) is 19.3 Å².